The third kappa shape index (κ3) is 3.33. The first-order chi connectivity index (χ1) is 10.2. The number of carboxylic acids is 1. The molecule has 0 spiro atoms. The summed E-state index contributed by atoms with van der Waals surface area (Å²) >= 11 is 0.973. The molecular formula is C16H18N2O3S. The summed E-state index contributed by atoms with van der Waals surface area (Å²) in [6.07, 6.45) is 0. The summed E-state index contributed by atoms with van der Waals surface area (Å²) in [6.45, 7) is 7.26. The van der Waals surface area contributed by atoms with Crippen molar-refractivity contribution in [3.05, 3.63) is 34.7 Å². The van der Waals surface area contributed by atoms with E-state index in [1.54, 1.807) is 20.8 Å². The Morgan fingerprint density at radius 2 is 1.86 bits per heavy atom. The van der Waals surface area contributed by atoms with Crippen LogP contribution in [0.2, 0.25) is 0 Å². The molecule has 0 saturated heterocycles. The Morgan fingerprint density at radius 3 is 2.41 bits per heavy atom. The van der Waals surface area contributed by atoms with Gasteiger partial charge in [-0.15, -0.1) is 0 Å². The Kier molecular flexibility index (Phi) is 4.32. The van der Waals surface area contributed by atoms with Gasteiger partial charge in [-0.2, -0.15) is 0 Å². The molecule has 0 atom stereocenters. The van der Waals surface area contributed by atoms with Crippen LogP contribution in [0.3, 0.4) is 0 Å². The van der Waals surface area contributed by atoms with Crippen LogP contribution >= 0.6 is 11.3 Å². The normalized spacial score (nSPS) is 11.3. The number of hydrogen-bond donors (Lipinski definition) is 2. The van der Waals surface area contributed by atoms with E-state index in [9.17, 15) is 14.7 Å². The van der Waals surface area contributed by atoms with Crippen molar-refractivity contribution in [3.63, 3.8) is 0 Å². The fourth-order valence-corrected chi connectivity index (χ4v) is 2.64. The average molecular weight is 318 g/mol. The molecule has 0 radical (unpaired) electrons. The van der Waals surface area contributed by atoms with E-state index in [1.807, 2.05) is 31.2 Å². The SMILES string of the molecule is Cc1ccccc1-c1nc(NC(=O)C(C)(C)C)sc1C(=O)O. The first-order valence-electron chi connectivity index (χ1n) is 6.81. The number of aromatic carboxylic acids is 1. The lowest BCUT2D eigenvalue weighted by Crippen LogP contribution is -2.27. The average Bonchev–Trinajstić information content (AvgIpc) is 2.82. The highest BCUT2D eigenvalue weighted by molar-refractivity contribution is 7.18. The second-order valence-electron chi connectivity index (χ2n) is 6.02. The quantitative estimate of drug-likeness (QED) is 0.902. The van der Waals surface area contributed by atoms with Gasteiger partial charge in [0.2, 0.25) is 5.91 Å². The molecule has 0 bridgehead atoms. The van der Waals surface area contributed by atoms with Crippen LogP contribution in [0.4, 0.5) is 5.13 Å². The molecule has 6 heteroatoms. The van der Waals surface area contributed by atoms with Gasteiger partial charge >= 0.3 is 5.97 Å². The smallest absolute Gasteiger partial charge is 0.348 e. The van der Waals surface area contributed by atoms with Crippen LogP contribution in [0.25, 0.3) is 11.3 Å². The van der Waals surface area contributed by atoms with Crippen LogP contribution in [-0.2, 0) is 4.79 Å². The van der Waals surface area contributed by atoms with E-state index in [2.05, 4.69) is 10.3 Å². The van der Waals surface area contributed by atoms with Crippen LogP contribution in [-0.4, -0.2) is 22.0 Å². The predicted molar refractivity (Wildman–Crippen MR) is 87.3 cm³/mol. The summed E-state index contributed by atoms with van der Waals surface area (Å²) in [5.41, 5.74) is 1.51. The maximum atomic E-state index is 12.0. The number of aryl methyl sites for hydroxylation is 1. The molecule has 2 rings (SSSR count). The molecule has 0 aliphatic rings. The third-order valence-corrected chi connectivity index (χ3v) is 4.08. The Labute approximate surface area is 133 Å². The van der Waals surface area contributed by atoms with Crippen LogP contribution in [0, 0.1) is 12.3 Å². The van der Waals surface area contributed by atoms with Gasteiger partial charge in [-0.1, -0.05) is 56.4 Å². The lowest BCUT2D eigenvalue weighted by atomic mass is 9.96. The van der Waals surface area contributed by atoms with E-state index in [1.165, 1.54) is 0 Å². The van der Waals surface area contributed by atoms with Crippen LogP contribution in [0.15, 0.2) is 24.3 Å². The number of nitrogens with one attached hydrogen (secondary N) is 1. The van der Waals surface area contributed by atoms with E-state index >= 15 is 0 Å². The zero-order chi connectivity index (χ0) is 16.5. The van der Waals surface area contributed by atoms with Crippen molar-refractivity contribution in [1.82, 2.24) is 4.98 Å². The molecule has 1 amide bonds. The van der Waals surface area contributed by atoms with E-state index in [0.717, 1.165) is 22.5 Å². The molecule has 0 aliphatic heterocycles. The molecule has 2 aromatic rings. The summed E-state index contributed by atoms with van der Waals surface area (Å²) in [5, 5.41) is 12.4. The zero-order valence-corrected chi connectivity index (χ0v) is 13.7. The first-order valence-corrected chi connectivity index (χ1v) is 7.63. The molecule has 0 unspecified atom stereocenters. The number of carbonyl (C=O) groups is 2. The second kappa shape index (κ2) is 5.88. The number of benzene rings is 1. The topological polar surface area (TPSA) is 79.3 Å². The molecule has 0 fully saturated rings. The number of carboxylic acid groups (broad SMARTS) is 1. The highest BCUT2D eigenvalue weighted by atomic mass is 32.1. The van der Waals surface area contributed by atoms with Crippen LogP contribution in [0.1, 0.15) is 36.0 Å². The first kappa shape index (κ1) is 16.2. The predicted octanol–water partition coefficient (Wildman–Crippen LogP) is 3.80. The fourth-order valence-electron chi connectivity index (χ4n) is 1.82. The molecule has 2 N–H and O–H groups in total. The van der Waals surface area contributed by atoms with Gasteiger partial charge in [0.25, 0.3) is 0 Å². The molecule has 1 aromatic heterocycles. The zero-order valence-electron chi connectivity index (χ0n) is 12.9. The summed E-state index contributed by atoms with van der Waals surface area (Å²) in [7, 11) is 0. The summed E-state index contributed by atoms with van der Waals surface area (Å²) < 4.78 is 0. The number of rotatable bonds is 3. The number of hydrogen-bond acceptors (Lipinski definition) is 4. The number of nitrogens with zero attached hydrogens (tertiary/aromatic N) is 1. The minimum atomic E-state index is -1.05. The molecular weight excluding hydrogens is 300 g/mol. The van der Waals surface area contributed by atoms with Gasteiger partial charge in [-0.3, -0.25) is 4.79 Å². The maximum Gasteiger partial charge on any atom is 0.348 e. The third-order valence-electron chi connectivity index (χ3n) is 3.12. The highest BCUT2D eigenvalue weighted by Gasteiger charge is 2.25. The van der Waals surface area contributed by atoms with E-state index in [4.69, 9.17) is 0 Å². The standard InChI is InChI=1S/C16H18N2O3S/c1-9-7-5-6-8-10(9)11-12(13(19)20)22-15(17-11)18-14(21)16(2,3)4/h5-8H,1-4H3,(H,19,20)(H,17,18,21). The maximum absolute atomic E-state index is 12.0. The van der Waals surface area contributed by atoms with E-state index in [0.29, 0.717) is 10.8 Å². The Balaban J connectivity index is 2.46. The number of amides is 1. The van der Waals surface area contributed by atoms with Crippen molar-refractivity contribution in [1.29, 1.82) is 0 Å². The molecule has 0 aliphatic carbocycles. The number of thiazole rings is 1. The Bertz CT molecular complexity index is 729. The van der Waals surface area contributed by atoms with Crippen molar-refractivity contribution in [3.8, 4) is 11.3 Å². The van der Waals surface area contributed by atoms with E-state index in [-0.39, 0.29) is 10.8 Å². The van der Waals surface area contributed by atoms with Crippen molar-refractivity contribution in [2.24, 2.45) is 5.41 Å². The number of aromatic nitrogens is 1. The van der Waals surface area contributed by atoms with Gasteiger partial charge in [-0.05, 0) is 12.5 Å². The minimum Gasteiger partial charge on any atom is -0.477 e. The van der Waals surface area contributed by atoms with Gasteiger partial charge in [0.1, 0.15) is 4.88 Å². The lowest BCUT2D eigenvalue weighted by Gasteiger charge is -2.15. The van der Waals surface area contributed by atoms with Gasteiger partial charge in [0.15, 0.2) is 5.13 Å². The van der Waals surface area contributed by atoms with Gasteiger partial charge in [-0.25, -0.2) is 9.78 Å². The van der Waals surface area contributed by atoms with Gasteiger partial charge < -0.3 is 10.4 Å². The summed E-state index contributed by atoms with van der Waals surface area (Å²) in [6, 6.07) is 7.44. The molecule has 1 heterocycles. The molecule has 5 nitrogen and oxygen atoms in total. The van der Waals surface area contributed by atoms with Crippen molar-refractivity contribution in [2.45, 2.75) is 27.7 Å². The van der Waals surface area contributed by atoms with Crippen molar-refractivity contribution >= 4 is 28.3 Å². The summed E-state index contributed by atoms with van der Waals surface area (Å²) in [5.74, 6) is -1.25. The molecule has 0 saturated carbocycles. The van der Waals surface area contributed by atoms with Crippen molar-refractivity contribution in [2.75, 3.05) is 5.32 Å². The summed E-state index contributed by atoms with van der Waals surface area (Å²) in [4.78, 5) is 27.9. The highest BCUT2D eigenvalue weighted by Crippen LogP contribution is 2.33. The van der Waals surface area contributed by atoms with Crippen molar-refractivity contribution < 1.29 is 14.7 Å². The molecule has 116 valence electrons. The van der Waals surface area contributed by atoms with Crippen LogP contribution < -0.4 is 5.32 Å². The van der Waals surface area contributed by atoms with Gasteiger partial charge in [0, 0.05) is 11.0 Å². The Morgan fingerprint density at radius 1 is 1.23 bits per heavy atom. The van der Waals surface area contributed by atoms with Gasteiger partial charge in [0.05, 0.1) is 5.69 Å². The molecule has 1 aromatic carbocycles. The van der Waals surface area contributed by atoms with Crippen LogP contribution in [0.5, 0.6) is 0 Å². The number of carbonyl (C=O) groups excluding carboxylic acids is 1. The lowest BCUT2D eigenvalue weighted by molar-refractivity contribution is -0.123. The monoisotopic (exact) mass is 318 g/mol. The number of anilines is 1. The molecule has 22 heavy (non-hydrogen) atoms. The van der Waals surface area contributed by atoms with E-state index < -0.39 is 11.4 Å². The largest absolute Gasteiger partial charge is 0.477 e. The fraction of sp³-hybridized carbons (Fsp3) is 0.312. The Hall–Kier alpha value is -2.21. The second-order valence-corrected chi connectivity index (χ2v) is 7.02. The minimum absolute atomic E-state index is 0.124.